The van der Waals surface area contributed by atoms with Crippen LogP contribution in [0.3, 0.4) is 0 Å². The molecule has 4 aromatic rings. The molecule has 0 saturated heterocycles. The molecule has 1 aliphatic carbocycles. The SMILES string of the molecule is CF.CN1CCc2ccccc21.O=Cc1cc(Nc2ccc3c(c2)CC2(C3)C(=O)Nc3ncccc32)[nH]c(=O)c1. The highest BCUT2D eigenvalue weighted by Crippen LogP contribution is 2.47. The van der Waals surface area contributed by atoms with E-state index in [4.69, 9.17) is 0 Å². The number of likely N-dealkylation sites (N-methyl/N-ethyl adjacent to an activating group) is 1. The van der Waals surface area contributed by atoms with Crippen molar-refractivity contribution in [3.8, 4) is 0 Å². The third kappa shape index (κ3) is 4.98. The number of aromatic nitrogens is 2. The number of hydrogen-bond acceptors (Lipinski definition) is 6. The Morgan fingerprint density at radius 2 is 1.77 bits per heavy atom. The molecule has 204 valence electrons. The first-order chi connectivity index (χ1) is 19.4. The zero-order valence-electron chi connectivity index (χ0n) is 22.3. The van der Waals surface area contributed by atoms with Gasteiger partial charge in [-0.25, -0.2) is 4.98 Å². The minimum absolute atomic E-state index is 0.0186. The van der Waals surface area contributed by atoms with E-state index in [1.807, 2.05) is 30.3 Å². The van der Waals surface area contributed by atoms with Crippen LogP contribution in [-0.4, -0.2) is 42.9 Å². The van der Waals surface area contributed by atoms with Gasteiger partial charge in [0.05, 0.1) is 12.6 Å². The highest BCUT2D eigenvalue weighted by Gasteiger charge is 2.51. The first-order valence-electron chi connectivity index (χ1n) is 13.0. The first-order valence-corrected chi connectivity index (χ1v) is 13.0. The summed E-state index contributed by atoms with van der Waals surface area (Å²) in [6.07, 6.45) is 4.75. The molecule has 40 heavy (non-hydrogen) atoms. The van der Waals surface area contributed by atoms with E-state index in [1.165, 1.54) is 30.3 Å². The number of nitrogens with zero attached hydrogens (tertiary/aromatic N) is 2. The van der Waals surface area contributed by atoms with Gasteiger partial charge in [0.25, 0.3) is 0 Å². The van der Waals surface area contributed by atoms with Crippen LogP contribution >= 0.6 is 0 Å². The molecule has 0 bridgehead atoms. The summed E-state index contributed by atoms with van der Waals surface area (Å²) in [7, 11) is 2.64. The van der Waals surface area contributed by atoms with Gasteiger partial charge in [-0.1, -0.05) is 30.3 Å². The van der Waals surface area contributed by atoms with E-state index in [0.717, 1.165) is 22.4 Å². The van der Waals surface area contributed by atoms with Gasteiger partial charge in [0, 0.05) is 48.4 Å². The van der Waals surface area contributed by atoms with Gasteiger partial charge < -0.3 is 20.5 Å². The maximum Gasteiger partial charge on any atom is 0.250 e. The van der Waals surface area contributed by atoms with Crippen molar-refractivity contribution in [2.75, 3.05) is 36.3 Å². The molecule has 9 heteroatoms. The smallest absolute Gasteiger partial charge is 0.250 e. The van der Waals surface area contributed by atoms with Crippen molar-refractivity contribution in [2.24, 2.45) is 0 Å². The van der Waals surface area contributed by atoms with Crippen LogP contribution in [0.25, 0.3) is 0 Å². The Labute approximate surface area is 231 Å². The third-order valence-corrected chi connectivity index (χ3v) is 7.58. The number of rotatable bonds is 3. The lowest BCUT2D eigenvalue weighted by molar-refractivity contribution is -0.120. The lowest BCUT2D eigenvalue weighted by Crippen LogP contribution is -2.35. The topological polar surface area (TPSA) is 107 Å². The predicted molar refractivity (Wildman–Crippen MR) is 155 cm³/mol. The number of carbonyl (C=O) groups is 2. The van der Waals surface area contributed by atoms with Crippen LogP contribution in [-0.2, 0) is 29.5 Å². The number of fused-ring (bicyclic) bond motifs is 4. The van der Waals surface area contributed by atoms with Crippen LogP contribution in [0.5, 0.6) is 0 Å². The van der Waals surface area contributed by atoms with Gasteiger partial charge in [-0.3, -0.25) is 18.8 Å². The van der Waals surface area contributed by atoms with Crippen molar-refractivity contribution in [2.45, 2.75) is 24.7 Å². The lowest BCUT2D eigenvalue weighted by atomic mass is 9.79. The normalized spacial score (nSPS) is 17.5. The summed E-state index contributed by atoms with van der Waals surface area (Å²) in [4.78, 5) is 44.7. The summed E-state index contributed by atoms with van der Waals surface area (Å²) in [5.41, 5.74) is 6.15. The monoisotopic (exact) mass is 539 g/mol. The van der Waals surface area contributed by atoms with Gasteiger partial charge >= 0.3 is 0 Å². The maximum atomic E-state index is 12.8. The van der Waals surface area contributed by atoms with E-state index < -0.39 is 5.41 Å². The molecule has 7 rings (SSSR count). The molecule has 0 saturated carbocycles. The van der Waals surface area contributed by atoms with Gasteiger partial charge in [0.1, 0.15) is 17.9 Å². The second-order valence-electron chi connectivity index (χ2n) is 10.0. The van der Waals surface area contributed by atoms with Crippen molar-refractivity contribution >= 4 is 35.2 Å². The number of H-pyrrole nitrogens is 1. The van der Waals surface area contributed by atoms with Gasteiger partial charge in [0.2, 0.25) is 11.5 Å². The molecule has 2 aromatic carbocycles. The van der Waals surface area contributed by atoms with E-state index in [2.05, 4.69) is 56.8 Å². The van der Waals surface area contributed by atoms with Crippen molar-refractivity contribution in [1.82, 2.24) is 9.97 Å². The standard InChI is InChI=1S/C21H16N4O3.C9H11N.CH3F/c26-11-12-6-17(24-18(27)7-12)23-15-4-3-13-9-21(10-14(13)8-15)16-2-1-5-22-19(16)25-20(21)28;1-10-7-6-8-4-2-3-5-9(8)10;1-2/h1-8,11H,9-10H2,(H,22,25,28)(H2,23,24,27);2-5H,6-7H2,1H3;1H3. The molecule has 4 heterocycles. The molecule has 1 unspecified atom stereocenters. The summed E-state index contributed by atoms with van der Waals surface area (Å²) in [5, 5.41) is 6.03. The highest BCUT2D eigenvalue weighted by molar-refractivity contribution is 6.06. The number of halogens is 1. The average Bonchev–Trinajstić information content (AvgIpc) is 3.63. The number of amides is 1. The Morgan fingerprint density at radius 3 is 2.58 bits per heavy atom. The number of aldehydes is 1. The molecule has 3 aliphatic rings. The van der Waals surface area contributed by atoms with Crippen LogP contribution < -0.4 is 21.1 Å². The van der Waals surface area contributed by atoms with Crippen molar-refractivity contribution in [3.05, 3.63) is 111 Å². The Kier molecular flexibility index (Phi) is 7.46. The fourth-order valence-corrected chi connectivity index (χ4v) is 5.70. The van der Waals surface area contributed by atoms with Crippen molar-refractivity contribution in [1.29, 1.82) is 0 Å². The summed E-state index contributed by atoms with van der Waals surface area (Å²) < 4.78 is 9.50. The van der Waals surface area contributed by atoms with Gasteiger partial charge in [-0.2, -0.15) is 0 Å². The van der Waals surface area contributed by atoms with Gasteiger partial charge in [-0.05, 0) is 66.3 Å². The molecule has 1 atom stereocenters. The summed E-state index contributed by atoms with van der Waals surface area (Å²) in [5.74, 6) is 1.06. The van der Waals surface area contributed by atoms with Gasteiger partial charge in [-0.15, -0.1) is 0 Å². The summed E-state index contributed by atoms with van der Waals surface area (Å²) in [6.45, 7) is 1.18. The van der Waals surface area contributed by atoms with Crippen molar-refractivity contribution < 1.29 is 14.0 Å². The maximum absolute atomic E-state index is 12.8. The van der Waals surface area contributed by atoms with Crippen LogP contribution in [0.1, 0.15) is 32.6 Å². The van der Waals surface area contributed by atoms with E-state index in [-0.39, 0.29) is 11.5 Å². The molecule has 0 radical (unpaired) electrons. The number of hydrogen-bond donors (Lipinski definition) is 3. The summed E-state index contributed by atoms with van der Waals surface area (Å²) >= 11 is 0. The van der Waals surface area contributed by atoms with E-state index >= 15 is 0 Å². The van der Waals surface area contributed by atoms with E-state index in [9.17, 15) is 18.8 Å². The summed E-state index contributed by atoms with van der Waals surface area (Å²) in [6, 6.07) is 21.1. The molecular weight excluding hydrogens is 509 g/mol. The number of para-hydroxylation sites is 1. The van der Waals surface area contributed by atoms with Crippen LogP contribution in [0.4, 0.5) is 27.4 Å². The number of pyridine rings is 2. The third-order valence-electron chi connectivity index (χ3n) is 7.58. The quantitative estimate of drug-likeness (QED) is 0.329. The van der Waals surface area contributed by atoms with E-state index in [0.29, 0.717) is 43.5 Å². The molecule has 0 fully saturated rings. The van der Waals surface area contributed by atoms with Crippen molar-refractivity contribution in [3.63, 3.8) is 0 Å². The largest absolute Gasteiger partial charge is 0.374 e. The number of aromatic amines is 1. The zero-order valence-corrected chi connectivity index (χ0v) is 22.3. The van der Waals surface area contributed by atoms with Crippen LogP contribution in [0.2, 0.25) is 0 Å². The minimum atomic E-state index is -0.615. The van der Waals surface area contributed by atoms with Crippen LogP contribution in [0.15, 0.2) is 77.7 Å². The molecular formula is C31H30FN5O3. The average molecular weight is 540 g/mol. The Bertz CT molecular complexity index is 1640. The molecule has 3 N–H and O–H groups in total. The molecule has 1 spiro atoms. The number of benzene rings is 2. The number of anilines is 4. The van der Waals surface area contributed by atoms with Gasteiger partial charge in [0.15, 0.2) is 0 Å². The Balaban J connectivity index is 0.000000224. The highest BCUT2D eigenvalue weighted by atomic mass is 19.1. The minimum Gasteiger partial charge on any atom is -0.374 e. The second-order valence-corrected chi connectivity index (χ2v) is 10.0. The zero-order chi connectivity index (χ0) is 28.3. The van der Waals surface area contributed by atoms with Crippen LogP contribution in [0, 0.1) is 0 Å². The fraction of sp³-hybridized carbons (Fsp3) is 0.226. The number of alkyl halides is 1. The fourth-order valence-electron chi connectivity index (χ4n) is 5.70. The van der Waals surface area contributed by atoms with E-state index in [1.54, 1.807) is 12.3 Å². The molecule has 1 amide bonds. The lowest BCUT2D eigenvalue weighted by Gasteiger charge is -2.20. The Hall–Kier alpha value is -4.79. The second kappa shape index (κ2) is 11.1. The molecule has 2 aromatic heterocycles. The molecule has 2 aliphatic heterocycles. The first kappa shape index (κ1) is 26.8. The Morgan fingerprint density at radius 1 is 0.975 bits per heavy atom. The number of carbonyl (C=O) groups excluding carboxylic acids is 2. The number of nitrogens with one attached hydrogen (secondary N) is 3. The predicted octanol–water partition coefficient (Wildman–Crippen LogP) is 4.58. The molecule has 8 nitrogen and oxygen atoms in total.